The Kier molecular flexibility index (Phi) is 5.12. The van der Waals surface area contributed by atoms with Gasteiger partial charge in [0.15, 0.2) is 11.5 Å². The van der Waals surface area contributed by atoms with Crippen LogP contribution in [0.15, 0.2) is 57.8 Å². The summed E-state index contributed by atoms with van der Waals surface area (Å²) in [5, 5.41) is 9.81. The molecule has 0 amide bonds. The second-order valence-electron chi connectivity index (χ2n) is 4.46. The molecule has 0 bridgehead atoms. The Hall–Kier alpha value is -2.40. The van der Waals surface area contributed by atoms with Gasteiger partial charge in [0.05, 0.1) is 12.7 Å². The lowest BCUT2D eigenvalue weighted by Gasteiger charge is -1.99. The molecule has 2 aromatic rings. The van der Waals surface area contributed by atoms with Crippen molar-refractivity contribution in [1.82, 2.24) is 0 Å². The first-order valence-electron chi connectivity index (χ1n) is 6.40. The number of carbonyl (C=O) groups excluding carboxylic acids is 1. The van der Waals surface area contributed by atoms with Gasteiger partial charge in [0.2, 0.25) is 5.43 Å². The van der Waals surface area contributed by atoms with E-state index >= 15 is 0 Å². The minimum absolute atomic E-state index is 0.0494. The number of hydrogen-bond acceptors (Lipinski definition) is 4. The van der Waals surface area contributed by atoms with E-state index in [9.17, 15) is 14.7 Å². The van der Waals surface area contributed by atoms with Crippen molar-refractivity contribution in [2.75, 3.05) is 7.11 Å². The first-order valence-corrected chi connectivity index (χ1v) is 7.20. The van der Waals surface area contributed by atoms with Gasteiger partial charge in [0.1, 0.15) is 5.75 Å². The molecule has 1 N–H and O–H groups in total. The van der Waals surface area contributed by atoms with Crippen molar-refractivity contribution >= 4 is 27.8 Å². The number of halogens is 1. The second kappa shape index (κ2) is 7.04. The molecule has 0 spiro atoms. The molecule has 0 saturated heterocycles. The third-order valence-electron chi connectivity index (χ3n) is 2.97. The van der Waals surface area contributed by atoms with E-state index in [0.29, 0.717) is 4.47 Å². The molecule has 2 rings (SSSR count). The fourth-order valence-electron chi connectivity index (χ4n) is 1.79. The van der Waals surface area contributed by atoms with Gasteiger partial charge in [0, 0.05) is 4.47 Å². The van der Waals surface area contributed by atoms with Crippen LogP contribution in [0.2, 0.25) is 0 Å². The maximum atomic E-state index is 12.2. The van der Waals surface area contributed by atoms with Gasteiger partial charge in [-0.2, -0.15) is 0 Å². The van der Waals surface area contributed by atoms with Gasteiger partial charge in [0.25, 0.3) is 0 Å². The zero-order valence-corrected chi connectivity index (χ0v) is 13.3. The number of ketones is 1. The molecule has 0 aromatic heterocycles. The summed E-state index contributed by atoms with van der Waals surface area (Å²) in [5.41, 5.74) is 0.147. The zero-order chi connectivity index (χ0) is 16.1. The van der Waals surface area contributed by atoms with Crippen molar-refractivity contribution in [3.05, 3.63) is 74.4 Å². The highest BCUT2D eigenvalue weighted by atomic mass is 79.9. The summed E-state index contributed by atoms with van der Waals surface area (Å²) in [5.74, 6) is -0.298. The number of benzene rings is 1. The van der Waals surface area contributed by atoms with Gasteiger partial charge >= 0.3 is 0 Å². The van der Waals surface area contributed by atoms with E-state index in [1.54, 1.807) is 37.5 Å². The lowest BCUT2D eigenvalue weighted by Crippen LogP contribution is -2.01. The Balaban J connectivity index is 2.31. The number of hydrogen-bond donors (Lipinski definition) is 1. The molecule has 0 fully saturated rings. The van der Waals surface area contributed by atoms with Gasteiger partial charge in [-0.25, -0.2) is 0 Å². The predicted octanol–water partition coefficient (Wildman–Crippen LogP) is 3.42. The van der Waals surface area contributed by atoms with Gasteiger partial charge in [-0.05, 0) is 42.0 Å². The van der Waals surface area contributed by atoms with Crippen LogP contribution < -0.4 is 10.2 Å². The van der Waals surface area contributed by atoms with Crippen LogP contribution in [0.4, 0.5) is 0 Å². The number of rotatable bonds is 4. The number of ether oxygens (including phenoxy) is 1. The van der Waals surface area contributed by atoms with Crippen LogP contribution in [0.3, 0.4) is 0 Å². The van der Waals surface area contributed by atoms with Gasteiger partial charge in [-0.1, -0.05) is 34.1 Å². The molecule has 22 heavy (non-hydrogen) atoms. The van der Waals surface area contributed by atoms with E-state index in [0.717, 1.165) is 11.3 Å². The molecule has 0 radical (unpaired) electrons. The van der Waals surface area contributed by atoms with Crippen LogP contribution in [0.5, 0.6) is 11.5 Å². The summed E-state index contributed by atoms with van der Waals surface area (Å²) < 4.78 is 5.59. The topological polar surface area (TPSA) is 63.6 Å². The van der Waals surface area contributed by atoms with Crippen molar-refractivity contribution in [3.63, 3.8) is 0 Å². The summed E-state index contributed by atoms with van der Waals surface area (Å²) in [4.78, 5) is 23.8. The summed E-state index contributed by atoms with van der Waals surface area (Å²) in [6.07, 6.45) is 2.91. The van der Waals surface area contributed by atoms with Crippen molar-refractivity contribution < 1.29 is 14.6 Å². The van der Waals surface area contributed by atoms with E-state index in [2.05, 4.69) is 15.9 Å². The van der Waals surface area contributed by atoms with Crippen LogP contribution in [-0.2, 0) is 0 Å². The predicted molar refractivity (Wildman–Crippen MR) is 88.4 cm³/mol. The summed E-state index contributed by atoms with van der Waals surface area (Å²) in [7, 11) is 1.57. The molecule has 0 aliphatic heterocycles. The Labute approximate surface area is 135 Å². The largest absolute Gasteiger partial charge is 0.504 e. The standard InChI is InChI=1S/C17H13BrO4/c1-22-13-6-2-11(3-7-13)4-8-15(19)14-10-12(18)5-9-16(20)17(14)21/h2-10H,1H3,(H,20,21). The van der Waals surface area contributed by atoms with Crippen LogP contribution in [0.25, 0.3) is 6.08 Å². The smallest absolute Gasteiger partial charge is 0.220 e. The minimum atomic E-state index is -0.605. The Morgan fingerprint density at radius 2 is 1.86 bits per heavy atom. The zero-order valence-electron chi connectivity index (χ0n) is 11.7. The van der Waals surface area contributed by atoms with E-state index in [4.69, 9.17) is 4.74 Å². The normalized spacial score (nSPS) is 10.6. The van der Waals surface area contributed by atoms with Gasteiger partial charge < -0.3 is 9.84 Å². The Morgan fingerprint density at radius 3 is 2.50 bits per heavy atom. The number of aromatic hydroxyl groups is 1. The van der Waals surface area contributed by atoms with Crippen LogP contribution in [0.1, 0.15) is 15.9 Å². The number of methoxy groups -OCH3 is 1. The van der Waals surface area contributed by atoms with Crippen molar-refractivity contribution in [2.24, 2.45) is 0 Å². The van der Waals surface area contributed by atoms with Gasteiger partial charge in [-0.15, -0.1) is 0 Å². The third kappa shape index (κ3) is 3.83. The lowest BCUT2D eigenvalue weighted by atomic mass is 10.1. The van der Waals surface area contributed by atoms with Crippen LogP contribution >= 0.6 is 15.9 Å². The fraction of sp³-hybridized carbons (Fsp3) is 0.0588. The molecule has 0 atom stereocenters. The second-order valence-corrected chi connectivity index (χ2v) is 5.38. The molecular formula is C17H13BrO4. The maximum Gasteiger partial charge on any atom is 0.220 e. The first kappa shape index (κ1) is 16.0. The maximum absolute atomic E-state index is 12.2. The minimum Gasteiger partial charge on any atom is -0.504 e. The van der Waals surface area contributed by atoms with Crippen molar-refractivity contribution in [2.45, 2.75) is 0 Å². The van der Waals surface area contributed by atoms with E-state index in [1.807, 2.05) is 0 Å². The molecule has 0 aliphatic carbocycles. The van der Waals surface area contributed by atoms with E-state index in [1.165, 1.54) is 24.3 Å². The molecular weight excluding hydrogens is 348 g/mol. The van der Waals surface area contributed by atoms with E-state index in [-0.39, 0.29) is 5.56 Å². The van der Waals surface area contributed by atoms with Crippen LogP contribution in [0, 0.1) is 0 Å². The van der Waals surface area contributed by atoms with Crippen molar-refractivity contribution in [1.29, 1.82) is 0 Å². The van der Waals surface area contributed by atoms with Crippen LogP contribution in [-0.4, -0.2) is 18.0 Å². The fourth-order valence-corrected chi connectivity index (χ4v) is 2.15. The van der Waals surface area contributed by atoms with Gasteiger partial charge in [-0.3, -0.25) is 9.59 Å². The lowest BCUT2D eigenvalue weighted by molar-refractivity contribution is 0.104. The summed E-state index contributed by atoms with van der Waals surface area (Å²) in [6, 6.07) is 11.2. The average molecular weight is 361 g/mol. The molecule has 112 valence electrons. The number of allylic oxidation sites excluding steroid dienone is 1. The summed E-state index contributed by atoms with van der Waals surface area (Å²) in [6.45, 7) is 0. The Bertz CT molecular complexity index is 780. The molecule has 0 heterocycles. The molecule has 0 unspecified atom stereocenters. The highest BCUT2D eigenvalue weighted by Gasteiger charge is 2.10. The monoisotopic (exact) mass is 360 g/mol. The highest BCUT2D eigenvalue weighted by Crippen LogP contribution is 2.18. The first-order chi connectivity index (χ1) is 10.5. The summed E-state index contributed by atoms with van der Waals surface area (Å²) >= 11 is 3.20. The quantitative estimate of drug-likeness (QED) is 0.670. The number of carbonyl (C=O) groups is 1. The molecule has 0 aliphatic rings. The van der Waals surface area contributed by atoms with E-state index < -0.39 is 17.0 Å². The molecule has 5 heteroatoms. The molecule has 0 saturated carbocycles. The third-order valence-corrected chi connectivity index (χ3v) is 3.47. The van der Waals surface area contributed by atoms with Crippen molar-refractivity contribution in [3.8, 4) is 11.5 Å². The Morgan fingerprint density at radius 1 is 1.18 bits per heavy atom. The highest BCUT2D eigenvalue weighted by molar-refractivity contribution is 9.10. The molecule has 2 aromatic carbocycles. The SMILES string of the molecule is COc1ccc(C=CC(=O)c2cc(Br)ccc(=O)c2O)cc1. The molecule has 4 nitrogen and oxygen atoms in total. The average Bonchev–Trinajstić information content (AvgIpc) is 2.66.